The van der Waals surface area contributed by atoms with E-state index >= 15 is 0 Å². The van der Waals surface area contributed by atoms with Crippen molar-refractivity contribution < 1.29 is 4.79 Å². The van der Waals surface area contributed by atoms with E-state index < -0.39 is 0 Å². The van der Waals surface area contributed by atoms with E-state index in [0.29, 0.717) is 5.56 Å². The Hall–Kier alpha value is -3.01. The summed E-state index contributed by atoms with van der Waals surface area (Å²) in [6, 6.07) is 17.4. The number of nitrogens with zero attached hydrogens (tertiary/aromatic N) is 2. The van der Waals surface area contributed by atoms with Crippen LogP contribution in [-0.4, -0.2) is 22.8 Å². The summed E-state index contributed by atoms with van der Waals surface area (Å²) in [5.74, 6) is 0.842. The van der Waals surface area contributed by atoms with Gasteiger partial charge in [0.05, 0.1) is 0 Å². The van der Waals surface area contributed by atoms with Gasteiger partial charge in [-0.3, -0.25) is 9.78 Å². The highest BCUT2D eigenvalue weighted by molar-refractivity contribution is 5.76. The third-order valence-electron chi connectivity index (χ3n) is 3.56. The molecule has 114 valence electrons. The van der Waals surface area contributed by atoms with Crippen LogP contribution in [0.15, 0.2) is 67.0 Å². The molecule has 3 rings (SSSR count). The van der Waals surface area contributed by atoms with Gasteiger partial charge in [-0.05, 0) is 29.8 Å². The van der Waals surface area contributed by atoms with Gasteiger partial charge in [0.25, 0.3) is 0 Å². The first-order chi connectivity index (χ1) is 11.3. The van der Waals surface area contributed by atoms with Crippen LogP contribution in [0, 0.1) is 0 Å². The van der Waals surface area contributed by atoms with Gasteiger partial charge >= 0.3 is 0 Å². The number of hydrogen-bond donors (Lipinski definition) is 1. The molecule has 0 radical (unpaired) electrons. The third-order valence-corrected chi connectivity index (χ3v) is 3.56. The highest BCUT2D eigenvalue weighted by Gasteiger charge is 2.00. The molecule has 0 aliphatic rings. The lowest BCUT2D eigenvalue weighted by Gasteiger charge is -2.07. The van der Waals surface area contributed by atoms with Gasteiger partial charge in [-0.1, -0.05) is 30.3 Å². The largest absolute Gasteiger partial charge is 0.370 e. The molecule has 3 aromatic rings. The molecule has 0 unspecified atom stereocenters. The second kappa shape index (κ2) is 7.31. The minimum atomic E-state index is 0.675. The average Bonchev–Trinajstić information content (AvgIpc) is 2.63. The summed E-state index contributed by atoms with van der Waals surface area (Å²) in [5.41, 5.74) is 3.81. The molecule has 1 N–H and O–H groups in total. The van der Waals surface area contributed by atoms with Gasteiger partial charge in [0.2, 0.25) is 0 Å². The number of aromatic nitrogens is 2. The third kappa shape index (κ3) is 4.01. The lowest BCUT2D eigenvalue weighted by atomic mass is 10.1. The molecule has 0 amide bonds. The molecular weight excluding hydrogens is 286 g/mol. The van der Waals surface area contributed by atoms with E-state index in [9.17, 15) is 4.79 Å². The fourth-order valence-electron chi connectivity index (χ4n) is 2.29. The first-order valence-corrected chi connectivity index (χ1v) is 7.50. The monoisotopic (exact) mass is 303 g/mol. The summed E-state index contributed by atoms with van der Waals surface area (Å²) >= 11 is 0. The minimum Gasteiger partial charge on any atom is -0.370 e. The Kier molecular flexibility index (Phi) is 4.74. The van der Waals surface area contributed by atoms with Crippen LogP contribution in [0.4, 0.5) is 5.82 Å². The Balaban J connectivity index is 1.59. The number of rotatable bonds is 6. The van der Waals surface area contributed by atoms with E-state index in [1.54, 1.807) is 18.3 Å². The van der Waals surface area contributed by atoms with Crippen molar-refractivity contribution in [3.8, 4) is 11.1 Å². The number of hydrogen-bond acceptors (Lipinski definition) is 4. The van der Waals surface area contributed by atoms with Crippen molar-refractivity contribution in [2.24, 2.45) is 0 Å². The van der Waals surface area contributed by atoms with Gasteiger partial charge in [0.15, 0.2) is 0 Å². The number of aldehydes is 1. The van der Waals surface area contributed by atoms with Crippen molar-refractivity contribution in [1.82, 2.24) is 9.97 Å². The van der Waals surface area contributed by atoms with E-state index in [1.165, 1.54) is 0 Å². The molecule has 0 aliphatic carbocycles. The number of benzene rings is 1. The Labute approximate surface area is 135 Å². The fourth-order valence-corrected chi connectivity index (χ4v) is 2.29. The lowest BCUT2D eigenvalue weighted by molar-refractivity contribution is 0.112. The van der Waals surface area contributed by atoms with E-state index in [4.69, 9.17) is 0 Å². The highest BCUT2D eigenvalue weighted by atomic mass is 16.1. The van der Waals surface area contributed by atoms with Crippen LogP contribution in [0.1, 0.15) is 16.1 Å². The Morgan fingerprint density at radius 3 is 2.39 bits per heavy atom. The molecule has 2 aromatic heterocycles. The fraction of sp³-hybridized carbons (Fsp3) is 0.105. The number of carbonyl (C=O) groups excluding carboxylic acids is 1. The number of carbonyl (C=O) groups is 1. The summed E-state index contributed by atoms with van der Waals surface area (Å²) in [6.45, 7) is 0.789. The highest BCUT2D eigenvalue weighted by Crippen LogP contribution is 2.19. The number of nitrogens with one attached hydrogen (secondary N) is 1. The van der Waals surface area contributed by atoms with Crippen molar-refractivity contribution in [2.45, 2.75) is 6.42 Å². The zero-order chi connectivity index (χ0) is 15.9. The predicted molar refractivity (Wildman–Crippen MR) is 91.5 cm³/mol. The molecule has 0 bridgehead atoms. The Bertz CT molecular complexity index is 753. The van der Waals surface area contributed by atoms with Gasteiger partial charge in [-0.2, -0.15) is 0 Å². The predicted octanol–water partition coefficient (Wildman–Crippen LogP) is 3.61. The summed E-state index contributed by atoms with van der Waals surface area (Å²) in [6.07, 6.45) is 5.34. The SMILES string of the molecule is O=Cc1ccc(-c2ccc(NCCc3ccccn3)nc2)cc1. The topological polar surface area (TPSA) is 54.9 Å². The van der Waals surface area contributed by atoms with Gasteiger partial charge in [-0.25, -0.2) is 4.98 Å². The van der Waals surface area contributed by atoms with Gasteiger partial charge in [0.1, 0.15) is 12.1 Å². The lowest BCUT2D eigenvalue weighted by Crippen LogP contribution is -2.06. The maximum Gasteiger partial charge on any atom is 0.150 e. The molecule has 4 heteroatoms. The van der Waals surface area contributed by atoms with Crippen LogP contribution >= 0.6 is 0 Å². The summed E-state index contributed by atoms with van der Waals surface area (Å²) < 4.78 is 0. The van der Waals surface area contributed by atoms with Crippen LogP contribution in [0.25, 0.3) is 11.1 Å². The molecule has 0 saturated heterocycles. The average molecular weight is 303 g/mol. The molecule has 4 nitrogen and oxygen atoms in total. The van der Waals surface area contributed by atoms with Crippen molar-refractivity contribution in [2.75, 3.05) is 11.9 Å². The molecule has 0 saturated carbocycles. The molecule has 0 fully saturated rings. The van der Waals surface area contributed by atoms with E-state index in [0.717, 1.165) is 41.9 Å². The van der Waals surface area contributed by atoms with Gasteiger partial charge < -0.3 is 5.32 Å². The molecule has 0 spiro atoms. The van der Waals surface area contributed by atoms with Crippen molar-refractivity contribution in [3.05, 3.63) is 78.2 Å². The van der Waals surface area contributed by atoms with Crippen molar-refractivity contribution in [3.63, 3.8) is 0 Å². The summed E-state index contributed by atoms with van der Waals surface area (Å²) in [7, 11) is 0. The molecule has 0 atom stereocenters. The van der Waals surface area contributed by atoms with Crippen molar-refractivity contribution >= 4 is 12.1 Å². The summed E-state index contributed by atoms with van der Waals surface area (Å²) in [5, 5.41) is 3.29. The van der Waals surface area contributed by atoms with Crippen LogP contribution < -0.4 is 5.32 Å². The second-order valence-corrected chi connectivity index (χ2v) is 5.17. The smallest absolute Gasteiger partial charge is 0.150 e. The van der Waals surface area contributed by atoms with Crippen LogP contribution in [0.5, 0.6) is 0 Å². The van der Waals surface area contributed by atoms with Gasteiger partial charge in [0, 0.05) is 42.2 Å². The zero-order valence-electron chi connectivity index (χ0n) is 12.6. The molecule has 2 heterocycles. The van der Waals surface area contributed by atoms with Gasteiger partial charge in [-0.15, -0.1) is 0 Å². The van der Waals surface area contributed by atoms with Crippen LogP contribution in [0.3, 0.4) is 0 Å². The quantitative estimate of drug-likeness (QED) is 0.707. The molecule has 1 aromatic carbocycles. The van der Waals surface area contributed by atoms with Crippen LogP contribution in [-0.2, 0) is 6.42 Å². The first-order valence-electron chi connectivity index (χ1n) is 7.50. The van der Waals surface area contributed by atoms with E-state index in [2.05, 4.69) is 15.3 Å². The standard InChI is InChI=1S/C19H17N3O/c23-14-15-4-6-16(7-5-15)17-8-9-19(22-13-17)21-12-10-18-3-1-2-11-20-18/h1-9,11,13-14H,10,12H2,(H,21,22). The Morgan fingerprint density at radius 1 is 0.913 bits per heavy atom. The summed E-state index contributed by atoms with van der Waals surface area (Å²) in [4.78, 5) is 19.4. The molecule has 23 heavy (non-hydrogen) atoms. The first kappa shape index (κ1) is 14.9. The molecule has 0 aliphatic heterocycles. The Morgan fingerprint density at radius 2 is 1.74 bits per heavy atom. The second-order valence-electron chi connectivity index (χ2n) is 5.17. The van der Waals surface area contributed by atoms with Crippen LogP contribution in [0.2, 0.25) is 0 Å². The number of pyridine rings is 2. The molecular formula is C19H17N3O. The maximum absolute atomic E-state index is 10.7. The zero-order valence-corrected chi connectivity index (χ0v) is 12.6. The maximum atomic E-state index is 10.7. The minimum absolute atomic E-state index is 0.675. The van der Waals surface area contributed by atoms with E-state index in [1.807, 2.05) is 48.7 Å². The number of anilines is 1. The van der Waals surface area contributed by atoms with E-state index in [-0.39, 0.29) is 0 Å². The normalized spacial score (nSPS) is 10.3. The van der Waals surface area contributed by atoms with Crippen molar-refractivity contribution in [1.29, 1.82) is 0 Å².